The van der Waals surface area contributed by atoms with E-state index in [4.69, 9.17) is 5.73 Å². The zero-order valence-corrected chi connectivity index (χ0v) is 7.25. The first-order valence-electron chi connectivity index (χ1n) is 3.97. The molecule has 0 amide bonds. The van der Waals surface area contributed by atoms with Crippen LogP contribution in [0.3, 0.4) is 0 Å². The lowest BCUT2D eigenvalue weighted by atomic mass is 10.2. The predicted molar refractivity (Wildman–Crippen MR) is 45.1 cm³/mol. The molecule has 78 valence electrons. The summed E-state index contributed by atoms with van der Waals surface area (Å²) in [4.78, 5) is 3.86. The van der Waals surface area contributed by atoms with E-state index in [2.05, 4.69) is 4.98 Å². The molecular formula is C8H10F3N3. The molecule has 0 aromatic carbocycles. The van der Waals surface area contributed by atoms with Gasteiger partial charge in [0.05, 0.1) is 6.17 Å². The maximum atomic E-state index is 11.8. The second-order valence-corrected chi connectivity index (χ2v) is 2.77. The normalized spacial score (nSPS) is 14.0. The van der Waals surface area contributed by atoms with Crippen molar-refractivity contribution in [2.45, 2.75) is 18.9 Å². The molecule has 0 saturated heterocycles. The maximum Gasteiger partial charge on any atom is 0.458 e. The van der Waals surface area contributed by atoms with Crippen LogP contribution in [-0.2, 0) is 6.42 Å². The van der Waals surface area contributed by atoms with Crippen molar-refractivity contribution in [3.8, 4) is 0 Å². The Balaban J connectivity index is 2.46. The van der Waals surface area contributed by atoms with E-state index in [0.717, 1.165) is 0 Å². The summed E-state index contributed by atoms with van der Waals surface area (Å²) in [5.41, 5.74) is 5.75. The third-order valence-corrected chi connectivity index (χ3v) is 1.50. The number of nitrogens with two attached hydrogens (primary N) is 1. The summed E-state index contributed by atoms with van der Waals surface area (Å²) in [5.74, 6) is 0. The van der Waals surface area contributed by atoms with Gasteiger partial charge in [0.2, 0.25) is 0 Å². The van der Waals surface area contributed by atoms with Gasteiger partial charge in [-0.15, -0.1) is 0 Å². The van der Waals surface area contributed by atoms with Gasteiger partial charge in [0, 0.05) is 18.3 Å². The molecule has 6 heteroatoms. The molecule has 0 aliphatic rings. The minimum Gasteiger partial charge on any atom is -0.315 e. The fraction of sp³-hybridized carbons (Fsp3) is 0.375. The van der Waals surface area contributed by atoms with Gasteiger partial charge < -0.3 is 5.73 Å². The predicted octanol–water partition coefficient (Wildman–Crippen LogP) is 1.02. The number of nitrogens with zero attached hydrogens (tertiary/aromatic N) is 1. The summed E-state index contributed by atoms with van der Waals surface area (Å²) in [6.45, 7) is 0. The number of halogens is 3. The van der Waals surface area contributed by atoms with Gasteiger partial charge in [0.25, 0.3) is 0 Å². The molecule has 14 heavy (non-hydrogen) atoms. The summed E-state index contributed by atoms with van der Waals surface area (Å²) >= 11 is 0. The third kappa shape index (κ3) is 4.20. The smallest absolute Gasteiger partial charge is 0.315 e. The zero-order valence-electron chi connectivity index (χ0n) is 7.25. The lowest BCUT2D eigenvalue weighted by Crippen LogP contribution is -2.47. The Kier molecular flexibility index (Phi) is 3.43. The van der Waals surface area contributed by atoms with E-state index in [1.54, 1.807) is 18.2 Å². The van der Waals surface area contributed by atoms with Crippen LogP contribution in [0.2, 0.25) is 0 Å². The monoisotopic (exact) mass is 205 g/mol. The minimum atomic E-state index is -4.45. The lowest BCUT2D eigenvalue weighted by Gasteiger charge is -2.15. The van der Waals surface area contributed by atoms with Crippen molar-refractivity contribution in [3.05, 3.63) is 30.1 Å². The average Bonchev–Trinajstić information content (AvgIpc) is 2.02. The number of hydrogen-bond acceptors (Lipinski definition) is 3. The first kappa shape index (κ1) is 10.9. The van der Waals surface area contributed by atoms with Crippen molar-refractivity contribution in [1.29, 1.82) is 0 Å². The number of pyridine rings is 1. The topological polar surface area (TPSA) is 50.9 Å². The molecule has 1 atom stereocenters. The maximum absolute atomic E-state index is 11.8. The molecule has 1 aromatic rings. The molecule has 0 spiro atoms. The molecule has 3 nitrogen and oxygen atoms in total. The van der Waals surface area contributed by atoms with Crippen molar-refractivity contribution in [2.24, 2.45) is 5.73 Å². The number of aromatic nitrogens is 1. The summed E-state index contributed by atoms with van der Waals surface area (Å²) < 4.78 is 35.4. The standard InChI is InChI=1S/C8H10F3N3/c9-8(10,11)14-7(12)5-6-3-1-2-4-13-6/h1-4,7,14H,5,12H2. The van der Waals surface area contributed by atoms with E-state index in [1.165, 1.54) is 11.5 Å². The van der Waals surface area contributed by atoms with Crippen LogP contribution >= 0.6 is 0 Å². The number of hydrogen-bond donors (Lipinski definition) is 2. The highest BCUT2D eigenvalue weighted by Gasteiger charge is 2.29. The van der Waals surface area contributed by atoms with Gasteiger partial charge in [0.15, 0.2) is 0 Å². The third-order valence-electron chi connectivity index (χ3n) is 1.50. The van der Waals surface area contributed by atoms with Crippen molar-refractivity contribution in [1.82, 2.24) is 10.3 Å². The molecule has 0 aliphatic carbocycles. The van der Waals surface area contributed by atoms with Crippen molar-refractivity contribution in [3.63, 3.8) is 0 Å². The Morgan fingerprint density at radius 2 is 2.14 bits per heavy atom. The van der Waals surface area contributed by atoms with Crippen LogP contribution in [0.15, 0.2) is 24.4 Å². The first-order valence-corrected chi connectivity index (χ1v) is 3.97. The Labute approximate surface area is 79.1 Å². The Hall–Kier alpha value is -1.14. The van der Waals surface area contributed by atoms with Crippen LogP contribution in [0.5, 0.6) is 0 Å². The van der Waals surface area contributed by atoms with Crippen LogP contribution in [0.25, 0.3) is 0 Å². The molecule has 0 aliphatic heterocycles. The molecule has 0 radical (unpaired) electrons. The number of alkyl halides is 3. The molecule has 0 saturated carbocycles. The Morgan fingerprint density at radius 1 is 1.43 bits per heavy atom. The Bertz CT molecular complexity index is 273. The second kappa shape index (κ2) is 4.39. The van der Waals surface area contributed by atoms with E-state index < -0.39 is 12.5 Å². The van der Waals surface area contributed by atoms with Gasteiger partial charge >= 0.3 is 6.30 Å². The van der Waals surface area contributed by atoms with Crippen LogP contribution in [0, 0.1) is 0 Å². The molecule has 1 unspecified atom stereocenters. The minimum absolute atomic E-state index is 0.0420. The van der Waals surface area contributed by atoms with Gasteiger partial charge in [-0.3, -0.25) is 4.98 Å². The van der Waals surface area contributed by atoms with Gasteiger partial charge in [-0.25, -0.2) is 5.32 Å². The van der Waals surface area contributed by atoms with Crippen molar-refractivity contribution < 1.29 is 13.2 Å². The molecule has 1 heterocycles. The van der Waals surface area contributed by atoms with Crippen LogP contribution in [0.1, 0.15) is 5.69 Å². The van der Waals surface area contributed by atoms with Gasteiger partial charge in [0.1, 0.15) is 0 Å². The average molecular weight is 205 g/mol. The quantitative estimate of drug-likeness (QED) is 0.572. The molecule has 1 rings (SSSR count). The summed E-state index contributed by atoms with van der Waals surface area (Å²) in [5, 5.41) is 1.31. The van der Waals surface area contributed by atoms with Crippen molar-refractivity contribution in [2.75, 3.05) is 0 Å². The fourth-order valence-corrected chi connectivity index (χ4v) is 1.01. The van der Waals surface area contributed by atoms with Gasteiger partial charge in [-0.05, 0) is 12.1 Å². The molecular weight excluding hydrogens is 195 g/mol. The number of nitrogens with one attached hydrogen (secondary N) is 1. The first-order chi connectivity index (χ1) is 6.47. The summed E-state index contributed by atoms with van der Waals surface area (Å²) in [6.07, 6.45) is -4.06. The van der Waals surface area contributed by atoms with E-state index in [-0.39, 0.29) is 6.42 Å². The van der Waals surface area contributed by atoms with Crippen molar-refractivity contribution >= 4 is 0 Å². The van der Waals surface area contributed by atoms with Gasteiger partial charge in [-0.1, -0.05) is 6.07 Å². The largest absolute Gasteiger partial charge is 0.458 e. The van der Waals surface area contributed by atoms with E-state index in [9.17, 15) is 13.2 Å². The molecule has 0 fully saturated rings. The zero-order chi connectivity index (χ0) is 10.6. The van der Waals surface area contributed by atoms with E-state index in [1.807, 2.05) is 0 Å². The Morgan fingerprint density at radius 3 is 2.64 bits per heavy atom. The van der Waals surface area contributed by atoms with E-state index >= 15 is 0 Å². The van der Waals surface area contributed by atoms with Crippen LogP contribution in [0.4, 0.5) is 13.2 Å². The summed E-state index contributed by atoms with van der Waals surface area (Å²) in [7, 11) is 0. The fourth-order valence-electron chi connectivity index (χ4n) is 1.01. The van der Waals surface area contributed by atoms with Crippen LogP contribution in [-0.4, -0.2) is 17.4 Å². The SMILES string of the molecule is NC(Cc1ccccn1)NC(F)(F)F. The lowest BCUT2D eigenvalue weighted by molar-refractivity contribution is -0.163. The molecule has 0 bridgehead atoms. The van der Waals surface area contributed by atoms with Crippen LogP contribution < -0.4 is 11.1 Å². The van der Waals surface area contributed by atoms with Gasteiger partial charge in [-0.2, -0.15) is 13.2 Å². The summed E-state index contributed by atoms with van der Waals surface area (Å²) in [6, 6.07) is 5.01. The highest BCUT2D eigenvalue weighted by atomic mass is 19.4. The second-order valence-electron chi connectivity index (χ2n) is 2.77. The highest BCUT2D eigenvalue weighted by molar-refractivity contribution is 5.04. The van der Waals surface area contributed by atoms with E-state index in [0.29, 0.717) is 5.69 Å². The molecule has 1 aromatic heterocycles. The molecule has 3 N–H and O–H groups in total. The number of rotatable bonds is 3. The highest BCUT2D eigenvalue weighted by Crippen LogP contribution is 2.10.